The highest BCUT2D eigenvalue weighted by molar-refractivity contribution is 7.99. The van der Waals surface area contributed by atoms with Gasteiger partial charge in [0.1, 0.15) is 16.7 Å². The van der Waals surface area contributed by atoms with Gasteiger partial charge in [-0.3, -0.25) is 0 Å². The molecule has 1 spiro atoms. The minimum Gasteiger partial charge on any atom is -0.355 e. The summed E-state index contributed by atoms with van der Waals surface area (Å²) in [6.07, 6.45) is 12.2. The molecule has 3 fully saturated rings. The zero-order chi connectivity index (χ0) is 22.8. The highest BCUT2D eigenvalue weighted by Crippen LogP contribution is 2.62. The van der Waals surface area contributed by atoms with Crippen LogP contribution in [0.2, 0.25) is 0 Å². The van der Waals surface area contributed by atoms with Crippen molar-refractivity contribution in [3.05, 3.63) is 29.7 Å². The molecule has 0 amide bonds. The third-order valence-electron chi connectivity index (χ3n) is 8.96. The van der Waals surface area contributed by atoms with E-state index in [-0.39, 0.29) is 5.54 Å². The van der Waals surface area contributed by atoms with Crippen molar-refractivity contribution in [2.75, 3.05) is 29.4 Å². The van der Waals surface area contributed by atoms with Crippen LogP contribution in [0.15, 0.2) is 28.4 Å². The lowest BCUT2D eigenvalue weighted by atomic mass is 9.87. The second-order valence-corrected chi connectivity index (χ2v) is 12.0. The zero-order valence-corrected chi connectivity index (χ0v) is 21.0. The van der Waals surface area contributed by atoms with Gasteiger partial charge in [-0.2, -0.15) is 0 Å². The van der Waals surface area contributed by atoms with Gasteiger partial charge in [-0.05, 0) is 69.3 Å². The fourth-order valence-corrected chi connectivity index (χ4v) is 7.80. The van der Waals surface area contributed by atoms with Crippen LogP contribution in [0.1, 0.15) is 63.6 Å². The standard InChI is InChI=1S/C26H36N6S/c1-4-26(27)16-25(26)8-11-31(12-9-25)23-18(3)30-22(14-29-23)33-21-7-10-28-24-20(21)6-5-19-13-17(2)15-32(19)24/h7,10,14,17,19H,4-6,8-9,11-13,15-16,27H2,1-3H3. The Kier molecular flexibility index (Phi) is 5.14. The quantitative estimate of drug-likeness (QED) is 0.709. The number of pyridine rings is 1. The zero-order valence-electron chi connectivity index (χ0n) is 20.2. The molecule has 3 aliphatic heterocycles. The number of hydrogen-bond acceptors (Lipinski definition) is 7. The molecule has 0 bridgehead atoms. The van der Waals surface area contributed by atoms with Crippen LogP contribution in [0, 0.1) is 18.3 Å². The van der Waals surface area contributed by atoms with Crippen molar-refractivity contribution in [2.45, 2.75) is 87.2 Å². The Morgan fingerprint density at radius 3 is 2.76 bits per heavy atom. The average Bonchev–Trinajstić information content (AvgIpc) is 3.17. The smallest absolute Gasteiger partial charge is 0.150 e. The number of fused-ring (bicyclic) bond motifs is 3. The summed E-state index contributed by atoms with van der Waals surface area (Å²) in [5.41, 5.74) is 9.46. The van der Waals surface area contributed by atoms with E-state index < -0.39 is 0 Å². The van der Waals surface area contributed by atoms with Crippen LogP contribution in [0.5, 0.6) is 0 Å². The maximum Gasteiger partial charge on any atom is 0.150 e. The van der Waals surface area contributed by atoms with E-state index in [0.29, 0.717) is 11.5 Å². The Bertz CT molecular complexity index is 1060. The second kappa shape index (κ2) is 7.84. The van der Waals surface area contributed by atoms with Crippen LogP contribution in [-0.4, -0.2) is 46.2 Å². The Hall–Kier alpha value is -1.86. The fourth-order valence-electron chi connectivity index (χ4n) is 6.84. The predicted octanol–water partition coefficient (Wildman–Crippen LogP) is 4.59. The van der Waals surface area contributed by atoms with E-state index in [4.69, 9.17) is 20.7 Å². The lowest BCUT2D eigenvalue weighted by molar-refractivity contribution is 0.321. The maximum absolute atomic E-state index is 6.59. The average molecular weight is 465 g/mol. The third-order valence-corrected chi connectivity index (χ3v) is 9.97. The van der Waals surface area contributed by atoms with Crippen molar-refractivity contribution in [3.8, 4) is 0 Å². The van der Waals surface area contributed by atoms with E-state index in [1.54, 1.807) is 11.8 Å². The first kappa shape index (κ1) is 21.7. The van der Waals surface area contributed by atoms with Gasteiger partial charge < -0.3 is 15.5 Å². The normalized spacial score (nSPS) is 29.8. The summed E-state index contributed by atoms with van der Waals surface area (Å²) in [6.45, 7) is 9.90. The fraction of sp³-hybridized carbons (Fsp3) is 0.654. The first-order valence-corrected chi connectivity index (χ1v) is 13.5. The molecule has 7 heteroatoms. The molecule has 33 heavy (non-hydrogen) atoms. The molecule has 2 saturated heterocycles. The summed E-state index contributed by atoms with van der Waals surface area (Å²) < 4.78 is 0. The number of rotatable bonds is 4. The molecule has 4 aliphatic rings. The summed E-state index contributed by atoms with van der Waals surface area (Å²) >= 11 is 1.74. The summed E-state index contributed by atoms with van der Waals surface area (Å²) in [6, 6.07) is 2.82. The molecule has 6 nitrogen and oxygen atoms in total. The van der Waals surface area contributed by atoms with Crippen LogP contribution in [0.3, 0.4) is 0 Å². The highest BCUT2D eigenvalue weighted by atomic mass is 32.2. The Labute approximate surface area is 201 Å². The van der Waals surface area contributed by atoms with Crippen molar-refractivity contribution >= 4 is 23.4 Å². The molecule has 2 aromatic rings. The van der Waals surface area contributed by atoms with Gasteiger partial charge in [0, 0.05) is 47.9 Å². The van der Waals surface area contributed by atoms with Crippen molar-refractivity contribution in [3.63, 3.8) is 0 Å². The number of nitrogens with zero attached hydrogens (tertiary/aromatic N) is 5. The van der Waals surface area contributed by atoms with Gasteiger partial charge in [0.05, 0.1) is 11.9 Å². The summed E-state index contributed by atoms with van der Waals surface area (Å²) in [5.74, 6) is 3.00. The van der Waals surface area contributed by atoms with Crippen LogP contribution in [0.25, 0.3) is 0 Å². The molecule has 1 aliphatic carbocycles. The van der Waals surface area contributed by atoms with E-state index in [0.717, 1.165) is 54.9 Å². The van der Waals surface area contributed by atoms with Gasteiger partial charge in [0.25, 0.3) is 0 Å². The van der Waals surface area contributed by atoms with E-state index in [2.05, 4.69) is 36.6 Å². The van der Waals surface area contributed by atoms with E-state index in [1.807, 2.05) is 12.4 Å². The Morgan fingerprint density at radius 2 is 2.03 bits per heavy atom. The first-order valence-electron chi connectivity index (χ1n) is 12.7. The lowest BCUT2D eigenvalue weighted by Gasteiger charge is -2.35. The molecule has 2 aromatic heterocycles. The Balaban J connectivity index is 1.17. The minimum atomic E-state index is 0.0805. The van der Waals surface area contributed by atoms with Crippen molar-refractivity contribution in [1.29, 1.82) is 0 Å². The molecule has 5 heterocycles. The first-order chi connectivity index (χ1) is 15.9. The van der Waals surface area contributed by atoms with Crippen LogP contribution in [0.4, 0.5) is 11.6 Å². The van der Waals surface area contributed by atoms with Crippen LogP contribution >= 0.6 is 11.8 Å². The van der Waals surface area contributed by atoms with Gasteiger partial charge in [-0.1, -0.05) is 25.6 Å². The van der Waals surface area contributed by atoms with Gasteiger partial charge in [0.15, 0.2) is 0 Å². The van der Waals surface area contributed by atoms with E-state index >= 15 is 0 Å². The summed E-state index contributed by atoms with van der Waals surface area (Å²) in [7, 11) is 0. The van der Waals surface area contributed by atoms with Crippen molar-refractivity contribution in [2.24, 2.45) is 17.1 Å². The van der Waals surface area contributed by atoms with Gasteiger partial charge in [-0.15, -0.1) is 0 Å². The predicted molar refractivity (Wildman–Crippen MR) is 134 cm³/mol. The highest BCUT2D eigenvalue weighted by Gasteiger charge is 2.63. The number of anilines is 2. The molecule has 0 radical (unpaired) electrons. The van der Waals surface area contributed by atoms with Crippen molar-refractivity contribution < 1.29 is 0 Å². The summed E-state index contributed by atoms with van der Waals surface area (Å²) in [4.78, 5) is 20.9. The Morgan fingerprint density at radius 1 is 1.21 bits per heavy atom. The minimum absolute atomic E-state index is 0.0805. The van der Waals surface area contributed by atoms with Crippen LogP contribution < -0.4 is 15.5 Å². The molecule has 3 atom stereocenters. The molecule has 0 aromatic carbocycles. The molecular weight excluding hydrogens is 428 g/mol. The number of aryl methyl sites for hydroxylation is 1. The van der Waals surface area contributed by atoms with Gasteiger partial charge in [0.2, 0.25) is 0 Å². The van der Waals surface area contributed by atoms with Crippen LogP contribution in [-0.2, 0) is 6.42 Å². The third kappa shape index (κ3) is 3.54. The number of aromatic nitrogens is 3. The molecule has 6 rings (SSSR count). The largest absolute Gasteiger partial charge is 0.355 e. The van der Waals surface area contributed by atoms with E-state index in [9.17, 15) is 0 Å². The van der Waals surface area contributed by atoms with E-state index in [1.165, 1.54) is 48.4 Å². The molecule has 1 saturated carbocycles. The molecule has 3 unspecified atom stereocenters. The number of nitrogens with two attached hydrogens (primary N) is 1. The number of hydrogen-bond donors (Lipinski definition) is 1. The summed E-state index contributed by atoms with van der Waals surface area (Å²) in [5, 5.41) is 0.976. The maximum atomic E-state index is 6.59. The van der Waals surface area contributed by atoms with Gasteiger partial charge >= 0.3 is 0 Å². The lowest BCUT2D eigenvalue weighted by Crippen LogP contribution is -2.41. The van der Waals surface area contributed by atoms with Gasteiger partial charge in [-0.25, -0.2) is 15.0 Å². The molecule has 176 valence electrons. The topological polar surface area (TPSA) is 71.2 Å². The monoisotopic (exact) mass is 464 g/mol. The molecule has 2 N–H and O–H groups in total. The van der Waals surface area contributed by atoms with Crippen molar-refractivity contribution in [1.82, 2.24) is 15.0 Å². The number of piperidine rings is 1. The molecular formula is C26H36N6S. The second-order valence-electron chi connectivity index (χ2n) is 11.0. The SMILES string of the molecule is CCC1(N)CC12CCN(c1ncc(Sc3ccnc4c3CCC3CC(C)CN43)nc1C)CC2.